The summed E-state index contributed by atoms with van der Waals surface area (Å²) in [5, 5.41) is 37.7. The first-order valence-corrected chi connectivity index (χ1v) is 18.4. The number of nitrogens with zero attached hydrogens (tertiary/aromatic N) is 3. The fraction of sp³-hybridized carbons (Fsp3) is 0.0270. The number of ether oxygens (including phenoxy) is 2. The number of halogens is 8. The van der Waals surface area contributed by atoms with Crippen molar-refractivity contribution in [1.82, 2.24) is 0 Å². The lowest BCUT2D eigenvalue weighted by Crippen LogP contribution is -2.03. The number of hydrogen-bond donors (Lipinski definition) is 0. The van der Waals surface area contributed by atoms with Gasteiger partial charge in [0.2, 0.25) is 5.75 Å². The van der Waals surface area contributed by atoms with E-state index in [1.807, 2.05) is 0 Å². The number of methoxy groups -OCH3 is 1. The van der Waals surface area contributed by atoms with Crippen molar-refractivity contribution >= 4 is 110 Å². The van der Waals surface area contributed by atoms with Gasteiger partial charge in [-0.3, -0.25) is 30.3 Å². The van der Waals surface area contributed by atoms with Gasteiger partial charge in [0.15, 0.2) is 0 Å². The average Bonchev–Trinajstić information content (AvgIpc) is 3.11. The van der Waals surface area contributed by atoms with Crippen molar-refractivity contribution in [1.29, 1.82) is 0 Å². The van der Waals surface area contributed by atoms with Gasteiger partial charge in [-0.25, -0.2) is 0 Å². The van der Waals surface area contributed by atoms with E-state index < -0.39 is 26.1 Å². The van der Waals surface area contributed by atoms with Crippen molar-refractivity contribution in [3.8, 4) is 61.8 Å². The first-order valence-electron chi connectivity index (χ1n) is 15.4. The Labute approximate surface area is 356 Å². The van der Waals surface area contributed by atoms with Crippen LogP contribution in [0.4, 0.5) is 17.1 Å². The number of nitro benzene ring substituents is 3. The monoisotopic (exact) mass is 911 g/mol. The van der Waals surface area contributed by atoms with Crippen LogP contribution in [0.2, 0.25) is 40.2 Å². The summed E-state index contributed by atoms with van der Waals surface area (Å²) in [7, 11) is 1.18. The standard InChI is InChI=1S/C37H17Cl8N3O8/c1-55-37-29(48(53)54)6-5-21(32(37)20-4-2-16(38)10-23(20)41)34-28(47(51)52)7-9-31(36(34)35-26(44)13-18(40)14-27(35)45)56-30-8-3-19(46(49)50)15-22(30)33-24(42)11-17(39)12-25(33)43/h2-15H,1H3. The van der Waals surface area contributed by atoms with Gasteiger partial charge in [0.25, 0.3) is 11.4 Å². The lowest BCUT2D eigenvalue weighted by atomic mass is 9.86. The second kappa shape index (κ2) is 16.5. The lowest BCUT2D eigenvalue weighted by molar-refractivity contribution is -0.385. The maximum atomic E-state index is 13.0. The summed E-state index contributed by atoms with van der Waals surface area (Å²) in [5.41, 5.74) is -1.47. The summed E-state index contributed by atoms with van der Waals surface area (Å²) in [6.07, 6.45) is 0. The Bertz CT molecular complexity index is 2610. The maximum absolute atomic E-state index is 13.0. The van der Waals surface area contributed by atoms with Crippen LogP contribution in [-0.4, -0.2) is 21.9 Å². The van der Waals surface area contributed by atoms with E-state index in [9.17, 15) is 30.3 Å². The molecule has 0 aromatic heterocycles. The Morgan fingerprint density at radius 2 is 0.964 bits per heavy atom. The molecule has 0 fully saturated rings. The molecule has 0 aliphatic carbocycles. The average molecular weight is 915 g/mol. The van der Waals surface area contributed by atoms with Gasteiger partial charge in [-0.15, -0.1) is 0 Å². The van der Waals surface area contributed by atoms with Gasteiger partial charge in [0.05, 0.1) is 52.6 Å². The molecule has 56 heavy (non-hydrogen) atoms. The molecule has 0 saturated heterocycles. The summed E-state index contributed by atoms with van der Waals surface area (Å²) in [5.74, 6) is -0.508. The number of nitro groups is 3. The zero-order valence-electron chi connectivity index (χ0n) is 27.7. The summed E-state index contributed by atoms with van der Waals surface area (Å²) in [6, 6.07) is 18.1. The van der Waals surface area contributed by atoms with E-state index in [1.165, 1.54) is 73.8 Å². The van der Waals surface area contributed by atoms with Crippen molar-refractivity contribution in [3.63, 3.8) is 0 Å². The SMILES string of the molecule is COc1c([N+](=O)[O-])ccc(-c2c([N+](=O)[O-])ccc(Oc3ccc([N+](=O)[O-])cc3-c3c(Cl)cc(Cl)cc3Cl)c2-c2c(Cl)cc(Cl)cc2Cl)c1-c1ccc(Cl)cc1Cl. The molecule has 6 aromatic carbocycles. The van der Waals surface area contributed by atoms with Crippen LogP contribution >= 0.6 is 92.8 Å². The van der Waals surface area contributed by atoms with Crippen LogP contribution in [0, 0.1) is 30.3 Å². The zero-order chi connectivity index (χ0) is 40.7. The molecule has 0 bridgehead atoms. The summed E-state index contributed by atoms with van der Waals surface area (Å²) in [4.78, 5) is 35.2. The predicted molar refractivity (Wildman–Crippen MR) is 221 cm³/mol. The van der Waals surface area contributed by atoms with E-state index >= 15 is 0 Å². The predicted octanol–water partition coefficient (Wildman–Crippen LogP) is 15.1. The molecule has 0 aliphatic heterocycles. The van der Waals surface area contributed by atoms with Crippen LogP contribution in [0.25, 0.3) is 44.5 Å². The molecule has 0 atom stereocenters. The third-order valence-electron chi connectivity index (χ3n) is 8.28. The molecule has 0 saturated carbocycles. The highest BCUT2D eigenvalue weighted by Crippen LogP contribution is 2.56. The third-order valence-corrected chi connectivity index (χ3v) is 10.5. The van der Waals surface area contributed by atoms with Gasteiger partial charge in [-0.05, 0) is 54.6 Å². The minimum atomic E-state index is -0.694. The summed E-state index contributed by atoms with van der Waals surface area (Å²) >= 11 is 52.2. The molecule has 0 radical (unpaired) electrons. The van der Waals surface area contributed by atoms with Crippen molar-refractivity contribution in [2.75, 3.05) is 7.11 Å². The Hall–Kier alpha value is -4.56. The molecular weight excluding hydrogens is 898 g/mol. The molecule has 0 unspecified atom stereocenters. The Morgan fingerprint density at radius 3 is 1.50 bits per heavy atom. The quantitative estimate of drug-likeness (QED) is 0.0974. The molecule has 6 rings (SSSR count). The first-order chi connectivity index (χ1) is 26.5. The molecule has 284 valence electrons. The van der Waals surface area contributed by atoms with Crippen LogP contribution in [0.1, 0.15) is 0 Å². The third kappa shape index (κ3) is 7.87. The molecule has 11 nitrogen and oxygen atoms in total. The second-order valence-corrected chi connectivity index (χ2v) is 14.9. The van der Waals surface area contributed by atoms with Crippen LogP contribution in [0.15, 0.2) is 84.9 Å². The number of hydrogen-bond acceptors (Lipinski definition) is 8. The molecule has 0 N–H and O–H groups in total. The first kappa shape index (κ1) is 41.1. The number of benzene rings is 6. The van der Waals surface area contributed by atoms with Crippen LogP contribution in [0.5, 0.6) is 17.2 Å². The fourth-order valence-electron chi connectivity index (χ4n) is 6.04. The van der Waals surface area contributed by atoms with Crippen LogP contribution in [-0.2, 0) is 0 Å². The van der Waals surface area contributed by atoms with Crippen LogP contribution < -0.4 is 9.47 Å². The Morgan fingerprint density at radius 1 is 0.446 bits per heavy atom. The smallest absolute Gasteiger partial charge is 0.311 e. The number of non-ortho nitro benzene ring substituents is 1. The normalized spacial score (nSPS) is 11.0. The fourth-order valence-corrected chi connectivity index (χ4v) is 8.57. The van der Waals surface area contributed by atoms with E-state index in [2.05, 4.69) is 0 Å². The molecular formula is C37H17Cl8N3O8. The minimum absolute atomic E-state index is 0.0112. The highest BCUT2D eigenvalue weighted by molar-refractivity contribution is 6.43. The van der Waals surface area contributed by atoms with Gasteiger partial charge in [0.1, 0.15) is 11.5 Å². The Balaban J connectivity index is 1.80. The highest BCUT2D eigenvalue weighted by atomic mass is 35.5. The van der Waals surface area contributed by atoms with Crippen molar-refractivity contribution in [3.05, 3.63) is 155 Å². The molecule has 19 heteroatoms. The van der Waals surface area contributed by atoms with Crippen molar-refractivity contribution in [2.24, 2.45) is 0 Å². The molecule has 0 aliphatic rings. The molecule has 6 aromatic rings. The van der Waals surface area contributed by atoms with Crippen molar-refractivity contribution in [2.45, 2.75) is 0 Å². The van der Waals surface area contributed by atoms with E-state index in [0.29, 0.717) is 0 Å². The van der Waals surface area contributed by atoms with E-state index in [-0.39, 0.29) is 108 Å². The van der Waals surface area contributed by atoms with E-state index in [0.717, 1.165) is 18.2 Å². The lowest BCUT2D eigenvalue weighted by Gasteiger charge is -2.22. The largest absolute Gasteiger partial charge is 0.490 e. The van der Waals surface area contributed by atoms with Crippen molar-refractivity contribution < 1.29 is 24.2 Å². The van der Waals surface area contributed by atoms with Crippen LogP contribution in [0.3, 0.4) is 0 Å². The highest BCUT2D eigenvalue weighted by Gasteiger charge is 2.34. The van der Waals surface area contributed by atoms with E-state index in [1.54, 1.807) is 0 Å². The number of rotatable bonds is 10. The van der Waals surface area contributed by atoms with Gasteiger partial charge < -0.3 is 9.47 Å². The van der Waals surface area contributed by atoms with E-state index in [4.69, 9.17) is 102 Å². The van der Waals surface area contributed by atoms with Gasteiger partial charge >= 0.3 is 5.69 Å². The van der Waals surface area contributed by atoms with Gasteiger partial charge in [0, 0.05) is 78.3 Å². The molecule has 0 amide bonds. The molecule has 0 heterocycles. The zero-order valence-corrected chi connectivity index (χ0v) is 33.8. The summed E-state index contributed by atoms with van der Waals surface area (Å²) < 4.78 is 12.1. The topological polar surface area (TPSA) is 148 Å². The maximum Gasteiger partial charge on any atom is 0.311 e. The Kier molecular flexibility index (Phi) is 12.1. The second-order valence-electron chi connectivity index (χ2n) is 11.5. The van der Waals surface area contributed by atoms with Gasteiger partial charge in [-0.2, -0.15) is 0 Å². The molecule has 0 spiro atoms. The van der Waals surface area contributed by atoms with Gasteiger partial charge in [-0.1, -0.05) is 98.9 Å². The minimum Gasteiger partial charge on any atom is -0.490 e. The summed E-state index contributed by atoms with van der Waals surface area (Å²) in [6.45, 7) is 0.